The number of hydrogen-bond acceptors (Lipinski definition) is 8. The van der Waals surface area contributed by atoms with Crippen molar-refractivity contribution in [3.63, 3.8) is 0 Å². The van der Waals surface area contributed by atoms with Crippen LogP contribution in [-0.2, 0) is 11.3 Å². The van der Waals surface area contributed by atoms with E-state index in [1.54, 1.807) is 18.2 Å². The lowest BCUT2D eigenvalue weighted by molar-refractivity contribution is 0.0473. The molecule has 0 aliphatic heterocycles. The molecule has 0 unspecified atom stereocenters. The molecule has 0 radical (unpaired) electrons. The predicted molar refractivity (Wildman–Crippen MR) is 129 cm³/mol. The van der Waals surface area contributed by atoms with Gasteiger partial charge in [-0.1, -0.05) is 54.6 Å². The quantitative estimate of drug-likeness (QED) is 0.273. The van der Waals surface area contributed by atoms with Crippen LogP contribution < -0.4 is 10.1 Å². The molecular weight excluding hydrogens is 446 g/mol. The van der Waals surface area contributed by atoms with Crippen molar-refractivity contribution in [2.24, 2.45) is 0 Å². The molecule has 35 heavy (non-hydrogen) atoms. The summed E-state index contributed by atoms with van der Waals surface area (Å²) in [6.45, 7) is 0.127. The molecule has 0 aliphatic carbocycles. The molecule has 0 spiro atoms. The van der Waals surface area contributed by atoms with Gasteiger partial charge in [-0.25, -0.2) is 9.78 Å². The minimum Gasteiger partial charge on any atom is -0.496 e. The third-order valence-corrected chi connectivity index (χ3v) is 5.22. The molecule has 1 N–H and O–H groups in total. The number of para-hydroxylation sites is 1. The zero-order valence-corrected chi connectivity index (χ0v) is 18.8. The second-order valence-corrected chi connectivity index (χ2v) is 7.50. The highest BCUT2D eigenvalue weighted by molar-refractivity contribution is 6.00. The first-order valence-corrected chi connectivity index (χ1v) is 10.8. The fraction of sp³-hybridized carbons (Fsp3) is 0.0741. The largest absolute Gasteiger partial charge is 0.496 e. The van der Waals surface area contributed by atoms with Crippen molar-refractivity contribution in [3.05, 3.63) is 103 Å². The zero-order valence-electron chi connectivity index (χ0n) is 18.8. The monoisotopic (exact) mass is 467 g/mol. The number of benzene rings is 3. The number of ether oxygens (including phenoxy) is 2. The van der Waals surface area contributed by atoms with Gasteiger partial charge in [-0.2, -0.15) is 4.98 Å². The van der Waals surface area contributed by atoms with Gasteiger partial charge in [0, 0.05) is 5.69 Å². The van der Waals surface area contributed by atoms with Gasteiger partial charge >= 0.3 is 5.97 Å². The first-order valence-electron chi connectivity index (χ1n) is 10.8. The fourth-order valence-electron chi connectivity index (χ4n) is 3.59. The summed E-state index contributed by atoms with van der Waals surface area (Å²) in [7, 11) is 1.52. The Kier molecular flexibility index (Phi) is 6.25. The second-order valence-electron chi connectivity index (χ2n) is 7.50. The van der Waals surface area contributed by atoms with Crippen LogP contribution in [0.4, 0.5) is 11.7 Å². The van der Waals surface area contributed by atoms with Crippen LogP contribution in [-0.4, -0.2) is 23.0 Å². The van der Waals surface area contributed by atoms with Crippen LogP contribution in [0.3, 0.4) is 0 Å². The molecule has 0 saturated carbocycles. The van der Waals surface area contributed by atoms with E-state index in [4.69, 9.17) is 18.3 Å². The Labute approximate surface area is 201 Å². The number of rotatable bonds is 8. The topological polar surface area (TPSA) is 99.6 Å². The normalized spacial score (nSPS) is 10.7. The van der Waals surface area contributed by atoms with Crippen LogP contribution in [0.2, 0.25) is 0 Å². The Morgan fingerprint density at radius 2 is 1.74 bits per heavy atom. The van der Waals surface area contributed by atoms with Crippen LogP contribution in [0.25, 0.3) is 22.8 Å². The molecule has 0 fully saturated rings. The maximum absolute atomic E-state index is 13.2. The molecule has 0 amide bonds. The summed E-state index contributed by atoms with van der Waals surface area (Å²) < 4.78 is 22.8. The standard InChI is InChI=1S/C27H21N3O5/c1-32-21-14-8-13-20(26(31)33-16-18-9-4-2-5-10-18)23(21)25-24(22-15-28-17-34-22)30-27(35-25)29-19-11-6-3-7-12-19/h2-15,17H,16H2,1H3,(H,29,30). The summed E-state index contributed by atoms with van der Waals surface area (Å²) >= 11 is 0. The number of anilines is 2. The second kappa shape index (κ2) is 9.96. The molecule has 0 aliphatic rings. The lowest BCUT2D eigenvalue weighted by atomic mass is 10.0. The third-order valence-electron chi connectivity index (χ3n) is 5.22. The van der Waals surface area contributed by atoms with Crippen LogP contribution in [0, 0.1) is 0 Å². The van der Waals surface area contributed by atoms with E-state index in [-0.39, 0.29) is 23.9 Å². The number of hydrogen-bond donors (Lipinski definition) is 1. The van der Waals surface area contributed by atoms with Crippen LogP contribution in [0.5, 0.6) is 5.75 Å². The van der Waals surface area contributed by atoms with Crippen molar-refractivity contribution in [1.82, 2.24) is 9.97 Å². The molecule has 5 aromatic rings. The number of carbonyl (C=O) groups excluding carboxylic acids is 1. The number of aromatic nitrogens is 2. The fourth-order valence-corrected chi connectivity index (χ4v) is 3.59. The van der Waals surface area contributed by atoms with Crippen molar-refractivity contribution in [3.8, 4) is 28.5 Å². The molecule has 2 aromatic heterocycles. The van der Waals surface area contributed by atoms with Crippen molar-refractivity contribution < 1.29 is 23.1 Å². The number of nitrogens with zero attached hydrogens (tertiary/aromatic N) is 2. The molecule has 2 heterocycles. The van der Waals surface area contributed by atoms with Gasteiger partial charge in [0.1, 0.15) is 12.4 Å². The maximum Gasteiger partial charge on any atom is 0.339 e. The SMILES string of the molecule is COc1cccc(C(=O)OCc2ccccc2)c1-c1oc(Nc2ccccc2)nc1-c1cnco1. The van der Waals surface area contributed by atoms with E-state index >= 15 is 0 Å². The summed E-state index contributed by atoms with van der Waals surface area (Å²) in [6.07, 6.45) is 2.83. The van der Waals surface area contributed by atoms with Gasteiger partial charge in [-0.05, 0) is 29.8 Å². The molecule has 0 bridgehead atoms. The first-order chi connectivity index (χ1) is 17.2. The van der Waals surface area contributed by atoms with Crippen LogP contribution in [0.15, 0.2) is 100 Å². The van der Waals surface area contributed by atoms with Crippen molar-refractivity contribution in [2.45, 2.75) is 6.61 Å². The van der Waals surface area contributed by atoms with Gasteiger partial charge in [0.15, 0.2) is 23.6 Å². The first kappa shape index (κ1) is 22.0. The van der Waals surface area contributed by atoms with E-state index in [0.29, 0.717) is 22.8 Å². The van der Waals surface area contributed by atoms with E-state index in [0.717, 1.165) is 11.3 Å². The third kappa shape index (κ3) is 4.77. The highest BCUT2D eigenvalue weighted by Crippen LogP contribution is 2.41. The molecule has 174 valence electrons. The van der Waals surface area contributed by atoms with Crippen molar-refractivity contribution in [1.29, 1.82) is 0 Å². The summed E-state index contributed by atoms with van der Waals surface area (Å²) in [4.78, 5) is 21.8. The lowest BCUT2D eigenvalue weighted by Crippen LogP contribution is -2.08. The van der Waals surface area contributed by atoms with Gasteiger partial charge < -0.3 is 23.6 Å². The summed E-state index contributed by atoms with van der Waals surface area (Å²) in [5.41, 5.74) is 2.69. The number of methoxy groups -OCH3 is 1. The Morgan fingerprint density at radius 3 is 2.46 bits per heavy atom. The Bertz CT molecular complexity index is 1410. The molecule has 8 heteroatoms. The maximum atomic E-state index is 13.2. The Hall–Kier alpha value is -4.85. The van der Waals surface area contributed by atoms with Gasteiger partial charge in [-0.3, -0.25) is 0 Å². The minimum absolute atomic E-state index is 0.127. The molecule has 0 atom stereocenters. The molecule has 3 aromatic carbocycles. The number of nitrogens with one attached hydrogen (secondary N) is 1. The van der Waals surface area contributed by atoms with Gasteiger partial charge in [0.25, 0.3) is 6.01 Å². The van der Waals surface area contributed by atoms with E-state index in [1.165, 1.54) is 19.7 Å². The number of esters is 1. The summed E-state index contributed by atoms with van der Waals surface area (Å²) in [6, 6.07) is 24.2. The minimum atomic E-state index is -0.528. The summed E-state index contributed by atoms with van der Waals surface area (Å²) in [5.74, 6) is 0.547. The van der Waals surface area contributed by atoms with Crippen LogP contribution in [0.1, 0.15) is 15.9 Å². The molecule has 5 rings (SSSR count). The average Bonchev–Trinajstić information content (AvgIpc) is 3.58. The predicted octanol–water partition coefficient (Wildman–Crippen LogP) is 6.11. The number of carbonyl (C=O) groups is 1. The van der Waals surface area contributed by atoms with Crippen molar-refractivity contribution >= 4 is 17.7 Å². The van der Waals surface area contributed by atoms with Gasteiger partial charge in [0.2, 0.25) is 0 Å². The highest BCUT2D eigenvalue weighted by atomic mass is 16.5. The lowest BCUT2D eigenvalue weighted by Gasteiger charge is -2.12. The Morgan fingerprint density at radius 1 is 0.971 bits per heavy atom. The zero-order chi connectivity index (χ0) is 24.0. The smallest absolute Gasteiger partial charge is 0.339 e. The van der Waals surface area contributed by atoms with Gasteiger partial charge in [0.05, 0.1) is 24.4 Å². The molecule has 8 nitrogen and oxygen atoms in total. The Balaban J connectivity index is 1.57. The van der Waals surface area contributed by atoms with Crippen LogP contribution >= 0.6 is 0 Å². The van der Waals surface area contributed by atoms with E-state index < -0.39 is 5.97 Å². The number of oxazole rings is 2. The highest BCUT2D eigenvalue weighted by Gasteiger charge is 2.27. The average molecular weight is 467 g/mol. The summed E-state index contributed by atoms with van der Waals surface area (Å²) in [5, 5.41) is 3.13. The van der Waals surface area contributed by atoms with Crippen molar-refractivity contribution in [2.75, 3.05) is 12.4 Å². The molecule has 0 saturated heterocycles. The van der Waals surface area contributed by atoms with Gasteiger partial charge in [-0.15, -0.1) is 0 Å². The van der Waals surface area contributed by atoms with E-state index in [9.17, 15) is 4.79 Å². The van der Waals surface area contributed by atoms with E-state index in [1.807, 2.05) is 60.7 Å². The van der Waals surface area contributed by atoms with E-state index in [2.05, 4.69) is 15.3 Å². The molecular formula is C27H21N3O5.